The number of ether oxygens (including phenoxy) is 2. The number of nitrogens with two attached hydrogens (primary N) is 1. The van der Waals surface area contributed by atoms with Crippen molar-refractivity contribution in [3.05, 3.63) is 34.9 Å². The summed E-state index contributed by atoms with van der Waals surface area (Å²) in [7, 11) is -3.44. The van der Waals surface area contributed by atoms with Crippen LogP contribution in [0, 0.1) is 0 Å². The Morgan fingerprint density at radius 3 is 2.52 bits per heavy atom. The number of nitrogens with one attached hydrogen (secondary N) is 3. The van der Waals surface area contributed by atoms with E-state index in [1.54, 1.807) is 6.92 Å². The number of esters is 1. The molecule has 7 N–H and O–H groups in total. The first-order valence-corrected chi connectivity index (χ1v) is 16.7. The summed E-state index contributed by atoms with van der Waals surface area (Å²) in [5.74, 6) is -4.88. The number of nitrogens with zero attached hydrogens (tertiary/aromatic N) is 4. The summed E-state index contributed by atoms with van der Waals surface area (Å²) >= 11 is 7.10. The van der Waals surface area contributed by atoms with Gasteiger partial charge in [-0.1, -0.05) is 17.7 Å². The van der Waals surface area contributed by atoms with E-state index in [-0.39, 0.29) is 71.1 Å². The lowest BCUT2D eigenvalue weighted by Crippen LogP contribution is -2.49. The van der Waals surface area contributed by atoms with Gasteiger partial charge in [0.2, 0.25) is 11.8 Å². The maximum absolute atomic E-state index is 13.3. The number of hydrogen-bond donors (Lipinski definition) is 6. The Kier molecular flexibility index (Phi) is 13.3. The molecule has 3 rings (SSSR count). The van der Waals surface area contributed by atoms with Gasteiger partial charge >= 0.3 is 23.9 Å². The number of para-hydroxylation sites is 1. The van der Waals surface area contributed by atoms with Crippen molar-refractivity contribution in [2.75, 3.05) is 30.7 Å². The molecular formula is C26H31ClN8O11S2. The molecule has 260 valence electrons. The van der Waals surface area contributed by atoms with Gasteiger partial charge in [0, 0.05) is 24.8 Å². The molecule has 2 heterocycles. The molecule has 2 aromatic heterocycles. The molecule has 0 aliphatic carbocycles. The van der Waals surface area contributed by atoms with Crippen LogP contribution in [0.25, 0.3) is 5.65 Å². The number of sulfonamides is 1. The van der Waals surface area contributed by atoms with Gasteiger partial charge in [-0.2, -0.15) is 22.9 Å². The van der Waals surface area contributed by atoms with Crippen LogP contribution in [0.15, 0.2) is 34.4 Å². The Morgan fingerprint density at radius 2 is 1.88 bits per heavy atom. The number of rotatable bonds is 18. The molecule has 0 saturated carbocycles. The maximum Gasteiger partial charge on any atom is 0.340 e. The molecule has 48 heavy (non-hydrogen) atoms. The summed E-state index contributed by atoms with van der Waals surface area (Å²) in [5, 5.41) is 26.1. The Bertz CT molecular complexity index is 1810. The van der Waals surface area contributed by atoms with E-state index in [4.69, 9.17) is 37.0 Å². The third kappa shape index (κ3) is 10.1. The lowest BCUT2D eigenvalue weighted by molar-refractivity contribution is -0.139. The van der Waals surface area contributed by atoms with Gasteiger partial charge in [-0.05, 0) is 25.5 Å². The van der Waals surface area contributed by atoms with Crippen molar-refractivity contribution in [3.8, 4) is 6.01 Å². The number of amides is 2. The van der Waals surface area contributed by atoms with Gasteiger partial charge in [-0.3, -0.25) is 23.9 Å². The van der Waals surface area contributed by atoms with Crippen molar-refractivity contribution in [1.82, 2.24) is 30.2 Å². The van der Waals surface area contributed by atoms with Gasteiger partial charge in [0.15, 0.2) is 5.65 Å². The third-order valence-electron chi connectivity index (χ3n) is 6.11. The van der Waals surface area contributed by atoms with Crippen LogP contribution in [0.3, 0.4) is 0 Å². The highest BCUT2D eigenvalue weighted by Gasteiger charge is 2.27. The molecule has 0 aliphatic rings. The van der Waals surface area contributed by atoms with E-state index in [0.717, 1.165) is 23.4 Å². The predicted molar refractivity (Wildman–Crippen MR) is 168 cm³/mol. The molecular weight excluding hydrogens is 700 g/mol. The van der Waals surface area contributed by atoms with E-state index in [1.165, 1.54) is 24.3 Å². The lowest BCUT2D eigenvalue weighted by atomic mass is 10.1. The molecule has 0 bridgehead atoms. The number of benzene rings is 1. The fraction of sp³-hybridized carbons (Fsp3) is 0.385. The van der Waals surface area contributed by atoms with Crippen LogP contribution in [0.4, 0.5) is 5.69 Å². The van der Waals surface area contributed by atoms with Gasteiger partial charge in [0.25, 0.3) is 15.2 Å². The average Bonchev–Trinajstić information content (AvgIpc) is 3.48. The first kappa shape index (κ1) is 37.7. The number of carbonyl (C=O) groups is 5. The molecule has 0 aliphatic heterocycles. The van der Waals surface area contributed by atoms with E-state index in [1.807, 2.05) is 0 Å². The van der Waals surface area contributed by atoms with Gasteiger partial charge in [-0.15, -0.1) is 16.9 Å². The van der Waals surface area contributed by atoms with Crippen LogP contribution in [0.2, 0.25) is 5.02 Å². The number of anilines is 1. The maximum atomic E-state index is 13.3. The first-order chi connectivity index (χ1) is 22.7. The number of hydrogen-bond acceptors (Lipinski definition) is 14. The van der Waals surface area contributed by atoms with Gasteiger partial charge in [0.1, 0.15) is 17.1 Å². The van der Waals surface area contributed by atoms with Crippen molar-refractivity contribution in [2.45, 2.75) is 48.5 Å². The summed E-state index contributed by atoms with van der Waals surface area (Å²) in [4.78, 5) is 67.8. The minimum Gasteiger partial charge on any atom is -0.481 e. The van der Waals surface area contributed by atoms with Crippen molar-refractivity contribution in [2.24, 2.45) is 5.73 Å². The summed E-state index contributed by atoms with van der Waals surface area (Å²) in [6.07, 6.45) is -0.891. The minimum atomic E-state index is -4.55. The molecule has 1 aromatic carbocycles. The largest absolute Gasteiger partial charge is 0.481 e. The fourth-order valence-corrected chi connectivity index (χ4v) is 5.93. The number of carboxylic acids is 2. The molecule has 0 fully saturated rings. The summed E-state index contributed by atoms with van der Waals surface area (Å²) in [6.45, 7) is 1.49. The van der Waals surface area contributed by atoms with Crippen LogP contribution >= 0.6 is 23.4 Å². The summed E-state index contributed by atoms with van der Waals surface area (Å²) in [5.41, 5.74) is 4.98. The topological polar surface area (TPSA) is 284 Å². The highest BCUT2D eigenvalue weighted by Crippen LogP contribution is 2.29. The van der Waals surface area contributed by atoms with Crippen LogP contribution < -0.4 is 25.8 Å². The second-order valence-corrected chi connectivity index (χ2v) is 12.6. The van der Waals surface area contributed by atoms with E-state index in [0.29, 0.717) is 0 Å². The number of aromatic nitrogens is 4. The lowest BCUT2D eigenvalue weighted by Gasteiger charge is -2.18. The van der Waals surface area contributed by atoms with Gasteiger partial charge in [-0.25, -0.2) is 4.79 Å². The standard InChI is InChI=1S/C26H31ClN8O11S2/c1-3-46-26-32-19(47-12-16(22(39)29-10-9-20(37)38)30-18(36)8-7-15(28)23(40)41)11-17-31-25(33-35(17)26)48(43,44)34-21-13(24(42)45-2)5-4-6-14(21)27/h4-6,11,15-16,34H,3,7-10,12,28H2,1-2H3,(H,29,39)(H,30,36)(H,37,38)(H,40,41)/t15-,16-/m0/s1. The smallest absolute Gasteiger partial charge is 0.340 e. The molecule has 0 spiro atoms. The molecule has 22 heteroatoms. The quantitative estimate of drug-likeness (QED) is 0.0576. The molecule has 2 amide bonds. The highest BCUT2D eigenvalue weighted by molar-refractivity contribution is 7.99. The number of thioether (sulfide) groups is 1. The molecule has 3 aromatic rings. The second kappa shape index (κ2) is 16.9. The fourth-order valence-electron chi connectivity index (χ4n) is 3.77. The summed E-state index contributed by atoms with van der Waals surface area (Å²) in [6, 6.07) is 2.72. The van der Waals surface area contributed by atoms with E-state index in [9.17, 15) is 32.4 Å². The highest BCUT2D eigenvalue weighted by atomic mass is 35.5. The van der Waals surface area contributed by atoms with Crippen molar-refractivity contribution >= 4 is 74.4 Å². The van der Waals surface area contributed by atoms with Crippen LogP contribution in [-0.2, 0) is 33.9 Å². The number of carbonyl (C=O) groups excluding carboxylic acids is 3. The van der Waals surface area contributed by atoms with E-state index in [2.05, 4.69) is 30.4 Å². The Hall–Kier alpha value is -4.73. The normalized spacial score (nSPS) is 12.5. The Morgan fingerprint density at radius 1 is 1.15 bits per heavy atom. The van der Waals surface area contributed by atoms with Gasteiger partial charge < -0.3 is 36.1 Å². The first-order valence-electron chi connectivity index (χ1n) is 13.9. The minimum absolute atomic E-state index is 0.0437. The third-order valence-corrected chi connectivity index (χ3v) is 8.56. The van der Waals surface area contributed by atoms with E-state index >= 15 is 0 Å². The molecule has 2 atom stereocenters. The van der Waals surface area contributed by atoms with Crippen LogP contribution in [-0.4, -0.2) is 106 Å². The van der Waals surface area contributed by atoms with Gasteiger partial charge in [0.05, 0.1) is 36.4 Å². The van der Waals surface area contributed by atoms with Crippen molar-refractivity contribution < 1.29 is 52.1 Å². The van der Waals surface area contributed by atoms with Crippen molar-refractivity contribution in [1.29, 1.82) is 0 Å². The second-order valence-electron chi connectivity index (χ2n) is 9.58. The van der Waals surface area contributed by atoms with Crippen LogP contribution in [0.5, 0.6) is 6.01 Å². The van der Waals surface area contributed by atoms with Crippen LogP contribution in [0.1, 0.15) is 36.5 Å². The summed E-state index contributed by atoms with van der Waals surface area (Å²) < 4.78 is 40.1. The van der Waals surface area contributed by atoms with Crippen molar-refractivity contribution in [3.63, 3.8) is 0 Å². The molecule has 19 nitrogen and oxygen atoms in total. The Labute approximate surface area is 282 Å². The monoisotopic (exact) mass is 730 g/mol. The Balaban J connectivity index is 1.89. The zero-order chi connectivity index (χ0) is 35.6. The molecule has 0 saturated heterocycles. The van der Waals surface area contributed by atoms with E-state index < -0.39 is 57.0 Å². The zero-order valence-corrected chi connectivity index (χ0v) is 27.7. The SMILES string of the molecule is CCOc1nc(SC[C@H](NC(=O)CC[C@H](N)C(=O)O)C(=O)NCCC(=O)O)cc2nc(S(=O)(=O)Nc3c(Cl)cccc3C(=O)OC)nn12. The number of methoxy groups -OCH3 is 1. The molecule has 0 radical (unpaired) electrons. The number of halogens is 1. The predicted octanol–water partition coefficient (Wildman–Crippen LogP) is 0.124. The molecule has 0 unspecified atom stereocenters. The number of fused-ring (bicyclic) bond motifs is 1. The number of carboxylic acid groups (broad SMARTS) is 2. The average molecular weight is 731 g/mol. The zero-order valence-electron chi connectivity index (χ0n) is 25.3. The number of aliphatic carboxylic acids is 2.